The summed E-state index contributed by atoms with van der Waals surface area (Å²) in [6.07, 6.45) is -2.88. The fraction of sp³-hybridized carbons (Fsp3) is 0.500. The van der Waals surface area contributed by atoms with Crippen LogP contribution in [0.5, 0.6) is 0 Å². The molecular formula is C10H12F3N3O2. The Bertz CT molecular complexity index is 423. The van der Waals surface area contributed by atoms with Crippen LogP contribution < -0.4 is 0 Å². The van der Waals surface area contributed by atoms with E-state index in [9.17, 15) is 18.0 Å². The second-order valence-corrected chi connectivity index (χ2v) is 3.79. The number of nitrogens with zero attached hydrogens (tertiary/aromatic N) is 3. The van der Waals surface area contributed by atoms with Crippen LogP contribution in [0.4, 0.5) is 13.2 Å². The monoisotopic (exact) mass is 263 g/mol. The topological polar surface area (TPSA) is 66.3 Å². The van der Waals surface area contributed by atoms with E-state index in [-0.39, 0.29) is 24.3 Å². The summed E-state index contributed by atoms with van der Waals surface area (Å²) in [5.74, 6) is -1.20. The zero-order valence-corrected chi connectivity index (χ0v) is 9.61. The maximum atomic E-state index is 12.0. The van der Waals surface area contributed by atoms with E-state index in [4.69, 9.17) is 5.11 Å². The highest BCUT2D eigenvalue weighted by atomic mass is 19.4. The average molecular weight is 263 g/mol. The molecule has 0 saturated carbocycles. The first kappa shape index (κ1) is 14.4. The van der Waals surface area contributed by atoms with E-state index in [2.05, 4.69) is 9.97 Å². The largest absolute Gasteiger partial charge is 0.478 e. The van der Waals surface area contributed by atoms with Crippen LogP contribution >= 0.6 is 0 Å². The van der Waals surface area contributed by atoms with Crippen LogP contribution in [0.15, 0.2) is 12.5 Å². The fourth-order valence-electron chi connectivity index (χ4n) is 1.31. The first-order valence-electron chi connectivity index (χ1n) is 5.07. The molecule has 1 heterocycles. The van der Waals surface area contributed by atoms with Crippen molar-refractivity contribution in [1.82, 2.24) is 14.9 Å². The van der Waals surface area contributed by atoms with E-state index in [0.717, 1.165) is 6.20 Å². The standard InChI is InChI=1S/C10H12F3N3O2/c1-16(3-2-10(11,12)13)5-8-7(9(17)18)4-14-6-15-8/h4,6H,2-3,5H2,1H3,(H,17,18). The minimum absolute atomic E-state index is 0.0280. The zero-order valence-electron chi connectivity index (χ0n) is 9.61. The molecule has 0 radical (unpaired) electrons. The highest BCUT2D eigenvalue weighted by molar-refractivity contribution is 5.88. The Kier molecular flexibility index (Phi) is 4.60. The van der Waals surface area contributed by atoms with Crippen molar-refractivity contribution < 1.29 is 23.1 Å². The first-order valence-corrected chi connectivity index (χ1v) is 5.07. The molecule has 1 aromatic heterocycles. The van der Waals surface area contributed by atoms with Crippen molar-refractivity contribution >= 4 is 5.97 Å². The number of aromatic nitrogens is 2. The molecule has 0 unspecified atom stereocenters. The lowest BCUT2D eigenvalue weighted by Gasteiger charge is -2.17. The van der Waals surface area contributed by atoms with Crippen LogP contribution in [-0.4, -0.2) is 45.7 Å². The smallest absolute Gasteiger partial charge is 0.390 e. The summed E-state index contributed by atoms with van der Waals surface area (Å²) in [6, 6.07) is 0. The number of aromatic carboxylic acids is 1. The molecule has 0 fully saturated rings. The molecular weight excluding hydrogens is 251 g/mol. The lowest BCUT2D eigenvalue weighted by atomic mass is 10.2. The van der Waals surface area contributed by atoms with E-state index >= 15 is 0 Å². The van der Waals surface area contributed by atoms with Gasteiger partial charge in [-0.1, -0.05) is 0 Å². The molecule has 100 valence electrons. The number of hydrogen-bond acceptors (Lipinski definition) is 4. The van der Waals surface area contributed by atoms with Crippen LogP contribution in [0.1, 0.15) is 22.5 Å². The molecule has 0 aliphatic rings. The minimum atomic E-state index is -4.23. The molecule has 1 aromatic rings. The number of carbonyl (C=O) groups is 1. The van der Waals surface area contributed by atoms with Gasteiger partial charge in [0.1, 0.15) is 11.9 Å². The van der Waals surface area contributed by atoms with Crippen LogP contribution in [0, 0.1) is 0 Å². The molecule has 18 heavy (non-hydrogen) atoms. The van der Waals surface area contributed by atoms with E-state index in [1.807, 2.05) is 0 Å². The summed E-state index contributed by atoms with van der Waals surface area (Å²) < 4.78 is 36.0. The average Bonchev–Trinajstić information content (AvgIpc) is 2.26. The van der Waals surface area contributed by atoms with Gasteiger partial charge in [-0.2, -0.15) is 13.2 Å². The highest BCUT2D eigenvalue weighted by Crippen LogP contribution is 2.19. The fourth-order valence-corrected chi connectivity index (χ4v) is 1.31. The normalized spacial score (nSPS) is 11.8. The van der Waals surface area contributed by atoms with Crippen LogP contribution in [0.3, 0.4) is 0 Å². The molecule has 8 heteroatoms. The molecule has 1 N–H and O–H groups in total. The van der Waals surface area contributed by atoms with Gasteiger partial charge in [-0.3, -0.25) is 0 Å². The van der Waals surface area contributed by atoms with Crippen molar-refractivity contribution in [2.45, 2.75) is 19.1 Å². The Morgan fingerprint density at radius 1 is 1.50 bits per heavy atom. The van der Waals surface area contributed by atoms with Gasteiger partial charge in [0, 0.05) is 19.3 Å². The van der Waals surface area contributed by atoms with Gasteiger partial charge in [0.2, 0.25) is 0 Å². The Morgan fingerprint density at radius 3 is 2.72 bits per heavy atom. The predicted molar refractivity (Wildman–Crippen MR) is 56.0 cm³/mol. The zero-order chi connectivity index (χ0) is 13.8. The van der Waals surface area contributed by atoms with Crippen molar-refractivity contribution in [2.75, 3.05) is 13.6 Å². The van der Waals surface area contributed by atoms with Crippen molar-refractivity contribution in [3.05, 3.63) is 23.8 Å². The molecule has 0 aliphatic heterocycles. The van der Waals surface area contributed by atoms with E-state index < -0.39 is 18.6 Å². The van der Waals surface area contributed by atoms with Gasteiger partial charge >= 0.3 is 12.1 Å². The summed E-state index contributed by atoms with van der Waals surface area (Å²) in [5, 5.41) is 8.86. The van der Waals surface area contributed by atoms with Gasteiger partial charge in [-0.05, 0) is 7.05 Å². The van der Waals surface area contributed by atoms with Crippen LogP contribution in [-0.2, 0) is 6.54 Å². The summed E-state index contributed by atoms with van der Waals surface area (Å²) >= 11 is 0. The Balaban J connectivity index is 2.64. The highest BCUT2D eigenvalue weighted by Gasteiger charge is 2.27. The molecule has 0 atom stereocenters. The molecule has 0 spiro atoms. The minimum Gasteiger partial charge on any atom is -0.478 e. The number of carboxylic acid groups (broad SMARTS) is 1. The van der Waals surface area contributed by atoms with Gasteiger partial charge in [-0.25, -0.2) is 14.8 Å². The van der Waals surface area contributed by atoms with E-state index in [1.165, 1.54) is 18.3 Å². The molecule has 0 amide bonds. The number of rotatable bonds is 5. The quantitative estimate of drug-likeness (QED) is 0.873. The number of halogens is 3. The SMILES string of the molecule is CN(CCC(F)(F)F)Cc1ncncc1C(=O)O. The first-order chi connectivity index (χ1) is 8.29. The predicted octanol–water partition coefficient (Wildman–Crippen LogP) is 1.56. The molecule has 0 saturated heterocycles. The maximum Gasteiger partial charge on any atom is 0.390 e. The van der Waals surface area contributed by atoms with Crippen molar-refractivity contribution in [3.63, 3.8) is 0 Å². The third-order valence-electron chi connectivity index (χ3n) is 2.22. The van der Waals surface area contributed by atoms with Gasteiger partial charge in [-0.15, -0.1) is 0 Å². The molecule has 0 aromatic carbocycles. The maximum absolute atomic E-state index is 12.0. The van der Waals surface area contributed by atoms with Gasteiger partial charge in [0.25, 0.3) is 0 Å². The van der Waals surface area contributed by atoms with Gasteiger partial charge in [0.05, 0.1) is 12.1 Å². The second kappa shape index (κ2) is 5.76. The Hall–Kier alpha value is -1.70. The summed E-state index contributed by atoms with van der Waals surface area (Å²) in [4.78, 5) is 19.5. The lowest BCUT2D eigenvalue weighted by molar-refractivity contribution is -0.137. The Labute approximate surface area is 101 Å². The van der Waals surface area contributed by atoms with Gasteiger partial charge < -0.3 is 10.0 Å². The van der Waals surface area contributed by atoms with Gasteiger partial charge in [0.15, 0.2) is 0 Å². The van der Waals surface area contributed by atoms with Crippen LogP contribution in [0.2, 0.25) is 0 Å². The lowest BCUT2D eigenvalue weighted by Crippen LogP contribution is -2.25. The third-order valence-corrected chi connectivity index (χ3v) is 2.22. The number of carboxylic acids is 1. The van der Waals surface area contributed by atoms with Crippen LogP contribution in [0.25, 0.3) is 0 Å². The molecule has 0 aliphatic carbocycles. The molecule has 0 bridgehead atoms. The second-order valence-electron chi connectivity index (χ2n) is 3.79. The molecule has 5 nitrogen and oxygen atoms in total. The summed E-state index contributed by atoms with van der Waals surface area (Å²) in [6.45, 7) is -0.188. The third kappa shape index (κ3) is 4.66. The van der Waals surface area contributed by atoms with Crippen molar-refractivity contribution in [3.8, 4) is 0 Å². The molecule has 1 rings (SSSR count). The number of hydrogen-bond donors (Lipinski definition) is 1. The van der Waals surface area contributed by atoms with Crippen molar-refractivity contribution in [2.24, 2.45) is 0 Å². The summed E-state index contributed by atoms with van der Waals surface area (Å²) in [5.41, 5.74) is 0.0959. The van der Waals surface area contributed by atoms with Crippen molar-refractivity contribution in [1.29, 1.82) is 0 Å². The number of alkyl halides is 3. The Morgan fingerprint density at radius 2 is 2.17 bits per heavy atom. The summed E-state index contributed by atoms with van der Waals surface area (Å²) in [7, 11) is 1.47. The van der Waals surface area contributed by atoms with E-state index in [1.54, 1.807) is 0 Å². The van der Waals surface area contributed by atoms with E-state index in [0.29, 0.717) is 0 Å².